The van der Waals surface area contributed by atoms with Crippen LogP contribution in [0.5, 0.6) is 0 Å². The first-order valence-electron chi connectivity index (χ1n) is 5.15. The first-order chi connectivity index (χ1) is 7.97. The van der Waals surface area contributed by atoms with Gasteiger partial charge in [-0.25, -0.2) is 4.98 Å². The molecule has 1 aromatic rings. The number of nitrogens with zero attached hydrogens (tertiary/aromatic N) is 3. The molecule has 1 fully saturated rings. The van der Waals surface area contributed by atoms with E-state index in [-0.39, 0.29) is 29.8 Å². The van der Waals surface area contributed by atoms with Gasteiger partial charge >= 0.3 is 5.69 Å². The Kier molecular flexibility index (Phi) is 2.58. The topological polar surface area (TPSA) is 127 Å². The summed E-state index contributed by atoms with van der Waals surface area (Å²) in [7, 11) is 0. The number of nitrogens with one attached hydrogen (secondary N) is 1. The lowest BCUT2D eigenvalue weighted by Gasteiger charge is -2.15. The number of aliphatic hydroxyl groups excluding tert-OH is 1. The highest BCUT2D eigenvalue weighted by atomic mass is 16.6. The number of aryl methyl sites for hydroxylation is 1. The Morgan fingerprint density at radius 2 is 2.24 bits per heavy atom. The summed E-state index contributed by atoms with van der Waals surface area (Å²) in [6, 6.07) is 0. The molecule has 0 atom stereocenters. The number of rotatable bonds is 4. The van der Waals surface area contributed by atoms with E-state index >= 15 is 0 Å². The minimum Gasteiger partial charge on any atom is -0.394 e. The summed E-state index contributed by atoms with van der Waals surface area (Å²) in [5, 5.41) is 23.0. The van der Waals surface area contributed by atoms with Gasteiger partial charge in [-0.2, -0.15) is 4.98 Å². The van der Waals surface area contributed by atoms with Gasteiger partial charge in [0.25, 0.3) is 0 Å². The summed E-state index contributed by atoms with van der Waals surface area (Å²) in [5.74, 6) is 0.0517. The number of anilines is 2. The molecule has 4 N–H and O–H groups in total. The summed E-state index contributed by atoms with van der Waals surface area (Å²) >= 11 is 0. The van der Waals surface area contributed by atoms with Gasteiger partial charge in [-0.3, -0.25) is 10.1 Å². The van der Waals surface area contributed by atoms with Crippen molar-refractivity contribution in [2.45, 2.75) is 25.3 Å². The van der Waals surface area contributed by atoms with E-state index in [1.54, 1.807) is 0 Å². The fraction of sp³-hybridized carbons (Fsp3) is 0.556. The van der Waals surface area contributed by atoms with Gasteiger partial charge in [0, 0.05) is 0 Å². The van der Waals surface area contributed by atoms with Crippen molar-refractivity contribution in [1.82, 2.24) is 9.97 Å². The van der Waals surface area contributed by atoms with Crippen LogP contribution in [0.4, 0.5) is 17.5 Å². The van der Waals surface area contributed by atoms with Gasteiger partial charge in [-0.15, -0.1) is 0 Å². The SMILES string of the molecule is Cc1nc(N)nc(NC2(CO)CC2)c1[N+](=O)[O-]. The van der Waals surface area contributed by atoms with Crippen molar-refractivity contribution < 1.29 is 10.0 Å². The average Bonchev–Trinajstić information content (AvgIpc) is 2.96. The maximum atomic E-state index is 10.9. The molecule has 17 heavy (non-hydrogen) atoms. The number of nitrogen functional groups attached to an aromatic ring is 1. The first kappa shape index (κ1) is 11.5. The first-order valence-corrected chi connectivity index (χ1v) is 5.15. The zero-order valence-electron chi connectivity index (χ0n) is 9.30. The van der Waals surface area contributed by atoms with Crippen molar-refractivity contribution in [1.29, 1.82) is 0 Å². The molecular formula is C9H13N5O3. The van der Waals surface area contributed by atoms with Crippen LogP contribution in [-0.4, -0.2) is 32.1 Å². The van der Waals surface area contributed by atoms with Crippen molar-refractivity contribution in [2.75, 3.05) is 17.7 Å². The molecule has 92 valence electrons. The third-order valence-electron chi connectivity index (χ3n) is 2.80. The quantitative estimate of drug-likeness (QED) is 0.506. The van der Waals surface area contributed by atoms with Crippen molar-refractivity contribution in [3.8, 4) is 0 Å². The van der Waals surface area contributed by atoms with E-state index in [1.165, 1.54) is 6.92 Å². The van der Waals surface area contributed by atoms with Gasteiger partial charge < -0.3 is 16.2 Å². The summed E-state index contributed by atoms with van der Waals surface area (Å²) in [6.07, 6.45) is 1.51. The summed E-state index contributed by atoms with van der Waals surface area (Å²) < 4.78 is 0. The molecule has 0 unspecified atom stereocenters. The molecule has 0 radical (unpaired) electrons. The van der Waals surface area contributed by atoms with Crippen molar-refractivity contribution in [3.63, 3.8) is 0 Å². The standard InChI is InChI=1S/C9H13N5O3/c1-5-6(14(16)17)7(12-8(10)11-5)13-9(4-15)2-3-9/h15H,2-4H2,1H3,(H3,10,11,12,13). The largest absolute Gasteiger partial charge is 0.394 e. The lowest BCUT2D eigenvalue weighted by atomic mass is 10.2. The van der Waals surface area contributed by atoms with E-state index < -0.39 is 10.5 Å². The van der Waals surface area contributed by atoms with Gasteiger partial charge in [0.05, 0.1) is 17.1 Å². The molecule has 1 aromatic heterocycles. The van der Waals surface area contributed by atoms with Crippen LogP contribution in [0.25, 0.3) is 0 Å². The molecule has 0 spiro atoms. The number of hydrogen-bond acceptors (Lipinski definition) is 7. The van der Waals surface area contributed by atoms with Crippen LogP contribution in [0, 0.1) is 17.0 Å². The number of aromatic nitrogens is 2. The second-order valence-corrected chi connectivity index (χ2v) is 4.18. The zero-order valence-corrected chi connectivity index (χ0v) is 9.30. The molecule has 8 heteroatoms. The Morgan fingerprint density at radius 1 is 1.59 bits per heavy atom. The van der Waals surface area contributed by atoms with E-state index in [9.17, 15) is 15.2 Å². The van der Waals surface area contributed by atoms with Gasteiger partial charge in [0.1, 0.15) is 5.69 Å². The number of aliphatic hydroxyl groups is 1. The molecule has 0 aliphatic heterocycles. The minimum absolute atomic E-state index is 0.0238. The minimum atomic E-state index is -0.551. The molecule has 0 amide bonds. The number of hydrogen-bond donors (Lipinski definition) is 3. The predicted molar refractivity (Wildman–Crippen MR) is 60.5 cm³/mol. The molecular weight excluding hydrogens is 226 g/mol. The highest BCUT2D eigenvalue weighted by molar-refractivity contribution is 5.62. The summed E-state index contributed by atoms with van der Waals surface area (Å²) in [4.78, 5) is 18.0. The third kappa shape index (κ3) is 2.11. The smallest absolute Gasteiger partial charge is 0.332 e. The normalized spacial score (nSPS) is 16.6. The maximum Gasteiger partial charge on any atom is 0.332 e. The van der Waals surface area contributed by atoms with Crippen LogP contribution >= 0.6 is 0 Å². The molecule has 1 heterocycles. The Bertz CT molecular complexity index is 472. The summed E-state index contributed by atoms with van der Waals surface area (Å²) in [5.41, 5.74) is 4.99. The van der Waals surface area contributed by atoms with Gasteiger partial charge in [-0.1, -0.05) is 0 Å². The predicted octanol–water partition coefficient (Wildman–Crippen LogP) is 0.212. The fourth-order valence-corrected chi connectivity index (χ4v) is 1.62. The van der Waals surface area contributed by atoms with Crippen LogP contribution in [0.15, 0.2) is 0 Å². The number of nitro groups is 1. The summed E-state index contributed by atoms with van der Waals surface area (Å²) in [6.45, 7) is 1.41. The molecule has 1 aliphatic carbocycles. The lowest BCUT2D eigenvalue weighted by Crippen LogP contribution is -2.27. The number of nitrogens with two attached hydrogens (primary N) is 1. The lowest BCUT2D eigenvalue weighted by molar-refractivity contribution is -0.385. The van der Waals surface area contributed by atoms with E-state index in [0.717, 1.165) is 12.8 Å². The maximum absolute atomic E-state index is 10.9. The van der Waals surface area contributed by atoms with E-state index in [1.807, 2.05) is 0 Å². The van der Waals surface area contributed by atoms with Crippen LogP contribution in [0.2, 0.25) is 0 Å². The molecule has 1 saturated carbocycles. The van der Waals surface area contributed by atoms with Gasteiger partial charge in [0.15, 0.2) is 0 Å². The van der Waals surface area contributed by atoms with E-state index in [2.05, 4.69) is 15.3 Å². The molecule has 8 nitrogen and oxygen atoms in total. The van der Waals surface area contributed by atoms with Crippen LogP contribution in [0.3, 0.4) is 0 Å². The van der Waals surface area contributed by atoms with E-state index in [0.29, 0.717) is 0 Å². The monoisotopic (exact) mass is 239 g/mol. The van der Waals surface area contributed by atoms with Crippen LogP contribution in [0.1, 0.15) is 18.5 Å². The Morgan fingerprint density at radius 3 is 2.71 bits per heavy atom. The van der Waals surface area contributed by atoms with Crippen molar-refractivity contribution in [2.24, 2.45) is 0 Å². The Hall–Kier alpha value is -1.96. The molecule has 0 bridgehead atoms. The fourth-order valence-electron chi connectivity index (χ4n) is 1.62. The van der Waals surface area contributed by atoms with Crippen LogP contribution in [-0.2, 0) is 0 Å². The Labute approximate surface area is 97.0 Å². The zero-order chi connectivity index (χ0) is 12.6. The van der Waals surface area contributed by atoms with Crippen molar-refractivity contribution >= 4 is 17.5 Å². The highest BCUT2D eigenvalue weighted by Gasteiger charge is 2.44. The van der Waals surface area contributed by atoms with Gasteiger partial charge in [-0.05, 0) is 19.8 Å². The highest BCUT2D eigenvalue weighted by Crippen LogP contribution is 2.40. The van der Waals surface area contributed by atoms with E-state index in [4.69, 9.17) is 5.73 Å². The Balaban J connectivity index is 2.41. The molecule has 0 saturated heterocycles. The third-order valence-corrected chi connectivity index (χ3v) is 2.80. The molecule has 0 aromatic carbocycles. The van der Waals surface area contributed by atoms with Gasteiger partial charge in [0.2, 0.25) is 11.8 Å². The molecule has 1 aliphatic rings. The second-order valence-electron chi connectivity index (χ2n) is 4.18. The van der Waals surface area contributed by atoms with Crippen LogP contribution < -0.4 is 11.1 Å². The van der Waals surface area contributed by atoms with Crippen molar-refractivity contribution in [3.05, 3.63) is 15.8 Å². The second kappa shape index (κ2) is 3.81. The molecule has 2 rings (SSSR count). The average molecular weight is 239 g/mol.